The van der Waals surface area contributed by atoms with Crippen LogP contribution < -0.4 is 5.32 Å². The van der Waals surface area contributed by atoms with Gasteiger partial charge in [0.15, 0.2) is 0 Å². The molecule has 94 valence electrons. The molecule has 16 heavy (non-hydrogen) atoms. The third-order valence-electron chi connectivity index (χ3n) is 3.61. The Morgan fingerprint density at radius 3 is 2.81 bits per heavy atom. The molecule has 2 saturated heterocycles. The van der Waals surface area contributed by atoms with Crippen molar-refractivity contribution < 1.29 is 9.47 Å². The van der Waals surface area contributed by atoms with Crippen LogP contribution in [0.2, 0.25) is 0 Å². The summed E-state index contributed by atoms with van der Waals surface area (Å²) >= 11 is 0. The molecule has 1 spiro atoms. The van der Waals surface area contributed by atoms with E-state index in [0.29, 0.717) is 6.10 Å². The van der Waals surface area contributed by atoms with E-state index in [4.69, 9.17) is 9.47 Å². The Labute approximate surface area is 98.9 Å². The lowest BCUT2D eigenvalue weighted by Crippen LogP contribution is -2.61. The van der Waals surface area contributed by atoms with Crippen LogP contribution in [-0.2, 0) is 9.47 Å². The average molecular weight is 227 g/mol. The molecule has 2 aliphatic rings. The van der Waals surface area contributed by atoms with E-state index in [-0.39, 0.29) is 11.2 Å². The van der Waals surface area contributed by atoms with Gasteiger partial charge in [-0.05, 0) is 20.3 Å². The highest BCUT2D eigenvalue weighted by Gasteiger charge is 2.44. The van der Waals surface area contributed by atoms with E-state index in [2.05, 4.69) is 26.1 Å². The first-order chi connectivity index (χ1) is 7.55. The fourth-order valence-corrected chi connectivity index (χ4v) is 3.00. The number of hydrogen-bond acceptors (Lipinski definition) is 3. The fourth-order valence-electron chi connectivity index (χ4n) is 3.00. The summed E-state index contributed by atoms with van der Waals surface area (Å²) in [5, 5.41) is 3.52. The van der Waals surface area contributed by atoms with Gasteiger partial charge in [-0.2, -0.15) is 0 Å². The van der Waals surface area contributed by atoms with Crippen LogP contribution in [0.5, 0.6) is 0 Å². The van der Waals surface area contributed by atoms with Crippen molar-refractivity contribution in [3.63, 3.8) is 0 Å². The quantitative estimate of drug-likeness (QED) is 0.783. The average Bonchev–Trinajstić information content (AvgIpc) is 2.16. The summed E-state index contributed by atoms with van der Waals surface area (Å²) in [6.07, 6.45) is 4.83. The molecule has 0 radical (unpaired) electrons. The molecule has 0 aromatic rings. The fraction of sp³-hybridized carbons (Fsp3) is 1.00. The van der Waals surface area contributed by atoms with Crippen molar-refractivity contribution in [1.29, 1.82) is 0 Å². The molecule has 2 fully saturated rings. The van der Waals surface area contributed by atoms with Crippen molar-refractivity contribution in [3.8, 4) is 0 Å². The maximum absolute atomic E-state index is 6.34. The molecule has 2 rings (SSSR count). The molecule has 0 aromatic heterocycles. The Morgan fingerprint density at radius 1 is 1.31 bits per heavy atom. The van der Waals surface area contributed by atoms with Crippen LogP contribution >= 0.6 is 0 Å². The zero-order valence-electron chi connectivity index (χ0n) is 10.8. The van der Waals surface area contributed by atoms with Crippen molar-refractivity contribution in [1.82, 2.24) is 5.32 Å². The molecule has 3 nitrogen and oxygen atoms in total. The van der Waals surface area contributed by atoms with Crippen LogP contribution in [0.1, 0.15) is 46.5 Å². The van der Waals surface area contributed by atoms with E-state index < -0.39 is 0 Å². The molecular weight excluding hydrogens is 202 g/mol. The van der Waals surface area contributed by atoms with Gasteiger partial charge in [0.1, 0.15) is 0 Å². The smallest absolute Gasteiger partial charge is 0.0860 e. The first kappa shape index (κ1) is 12.3. The van der Waals surface area contributed by atoms with Gasteiger partial charge in [-0.1, -0.05) is 13.3 Å². The van der Waals surface area contributed by atoms with Gasteiger partial charge in [-0.15, -0.1) is 0 Å². The molecule has 0 saturated carbocycles. The second-order valence-electron chi connectivity index (χ2n) is 5.88. The van der Waals surface area contributed by atoms with Crippen LogP contribution in [-0.4, -0.2) is 37.0 Å². The van der Waals surface area contributed by atoms with Crippen LogP contribution in [0.4, 0.5) is 0 Å². The van der Waals surface area contributed by atoms with Gasteiger partial charge >= 0.3 is 0 Å². The normalized spacial score (nSPS) is 38.8. The van der Waals surface area contributed by atoms with Gasteiger partial charge in [0.05, 0.1) is 17.3 Å². The lowest BCUT2D eigenvalue weighted by molar-refractivity contribution is -0.208. The number of rotatable bonds is 2. The van der Waals surface area contributed by atoms with Gasteiger partial charge in [0, 0.05) is 32.5 Å². The number of morpholine rings is 1. The minimum absolute atomic E-state index is 0.0276. The molecule has 0 amide bonds. The largest absolute Gasteiger partial charge is 0.378 e. The zero-order valence-corrected chi connectivity index (χ0v) is 10.8. The number of ether oxygens (including phenoxy) is 2. The molecule has 2 aliphatic heterocycles. The summed E-state index contributed by atoms with van der Waals surface area (Å²) in [7, 11) is 0. The SMILES string of the molecule is CCCC1CC2(CCO1)CNCC(C)(C)O2. The summed E-state index contributed by atoms with van der Waals surface area (Å²) in [5.41, 5.74) is -0.00775. The van der Waals surface area contributed by atoms with Gasteiger partial charge in [-0.25, -0.2) is 0 Å². The highest BCUT2D eigenvalue weighted by Crippen LogP contribution is 2.35. The van der Waals surface area contributed by atoms with Crippen LogP contribution in [0, 0.1) is 0 Å². The van der Waals surface area contributed by atoms with E-state index in [9.17, 15) is 0 Å². The van der Waals surface area contributed by atoms with Crippen molar-refractivity contribution in [3.05, 3.63) is 0 Å². The third-order valence-corrected chi connectivity index (χ3v) is 3.61. The standard InChI is InChI=1S/C13H25NO2/c1-4-5-11-8-13(6-7-15-11)10-14-9-12(2,3)16-13/h11,14H,4-10H2,1-3H3. The van der Waals surface area contributed by atoms with Gasteiger partial charge in [0.2, 0.25) is 0 Å². The second-order valence-corrected chi connectivity index (χ2v) is 5.88. The molecule has 3 heteroatoms. The highest BCUT2D eigenvalue weighted by atomic mass is 16.5. The molecule has 1 N–H and O–H groups in total. The molecule has 2 atom stereocenters. The summed E-state index contributed by atoms with van der Waals surface area (Å²) in [4.78, 5) is 0. The maximum atomic E-state index is 6.34. The molecule has 2 heterocycles. The first-order valence-corrected chi connectivity index (χ1v) is 6.58. The van der Waals surface area contributed by atoms with Gasteiger partial charge in [0.25, 0.3) is 0 Å². The van der Waals surface area contributed by atoms with E-state index in [1.54, 1.807) is 0 Å². The molecule has 0 aliphatic carbocycles. The predicted molar refractivity (Wildman–Crippen MR) is 64.6 cm³/mol. The van der Waals surface area contributed by atoms with Crippen molar-refractivity contribution >= 4 is 0 Å². The molecular formula is C13H25NO2. The second kappa shape index (κ2) is 4.63. The van der Waals surface area contributed by atoms with Crippen molar-refractivity contribution in [2.45, 2.75) is 63.8 Å². The van der Waals surface area contributed by atoms with E-state index in [1.807, 2.05) is 0 Å². The van der Waals surface area contributed by atoms with Gasteiger partial charge < -0.3 is 14.8 Å². The number of hydrogen-bond donors (Lipinski definition) is 1. The van der Waals surface area contributed by atoms with Crippen LogP contribution in [0.3, 0.4) is 0 Å². The highest BCUT2D eigenvalue weighted by molar-refractivity contribution is 4.96. The Kier molecular flexibility index (Phi) is 3.57. The Morgan fingerprint density at radius 2 is 2.12 bits per heavy atom. The van der Waals surface area contributed by atoms with Crippen LogP contribution in [0.25, 0.3) is 0 Å². The minimum atomic E-state index is -0.0354. The van der Waals surface area contributed by atoms with Gasteiger partial charge in [-0.3, -0.25) is 0 Å². The molecule has 0 bridgehead atoms. The third kappa shape index (κ3) is 2.76. The molecule has 0 aromatic carbocycles. The topological polar surface area (TPSA) is 30.5 Å². The maximum Gasteiger partial charge on any atom is 0.0860 e. The Balaban J connectivity index is 2.00. The summed E-state index contributed by atoms with van der Waals surface area (Å²) in [6, 6.07) is 0. The Hall–Kier alpha value is -0.120. The zero-order chi connectivity index (χ0) is 11.6. The first-order valence-electron chi connectivity index (χ1n) is 6.58. The minimum Gasteiger partial charge on any atom is -0.378 e. The van der Waals surface area contributed by atoms with Crippen molar-refractivity contribution in [2.24, 2.45) is 0 Å². The van der Waals surface area contributed by atoms with E-state index in [1.165, 1.54) is 6.42 Å². The monoisotopic (exact) mass is 227 g/mol. The summed E-state index contributed by atoms with van der Waals surface area (Å²) in [6.45, 7) is 9.35. The number of nitrogens with one attached hydrogen (secondary N) is 1. The Bertz CT molecular complexity index is 236. The van der Waals surface area contributed by atoms with E-state index in [0.717, 1.165) is 39.0 Å². The van der Waals surface area contributed by atoms with Crippen molar-refractivity contribution in [2.75, 3.05) is 19.7 Å². The van der Waals surface area contributed by atoms with Crippen LogP contribution in [0.15, 0.2) is 0 Å². The summed E-state index contributed by atoms with van der Waals surface area (Å²) < 4.78 is 12.1. The lowest BCUT2D eigenvalue weighted by Gasteiger charge is -2.49. The summed E-state index contributed by atoms with van der Waals surface area (Å²) in [5.74, 6) is 0. The predicted octanol–water partition coefficient (Wildman–Crippen LogP) is 2.10. The lowest BCUT2D eigenvalue weighted by atomic mass is 9.85. The van der Waals surface area contributed by atoms with E-state index >= 15 is 0 Å². The molecule has 2 unspecified atom stereocenters.